The number of nitrogens with zero attached hydrogens (tertiary/aromatic N) is 3. The predicted molar refractivity (Wildman–Crippen MR) is 99.8 cm³/mol. The van der Waals surface area contributed by atoms with Gasteiger partial charge in [-0.1, -0.05) is 19.6 Å². The van der Waals surface area contributed by atoms with E-state index < -0.39 is 25.4 Å². The smallest absolute Gasteiger partial charge is 0.386 e. The zero-order chi connectivity index (χ0) is 20.5. The van der Waals surface area contributed by atoms with Gasteiger partial charge in [0.15, 0.2) is 5.82 Å². The molecule has 1 aromatic carbocycles. The lowest BCUT2D eigenvalue weighted by molar-refractivity contribution is -0.137. The first-order valence-corrected chi connectivity index (χ1v) is 12.4. The molecule has 0 amide bonds. The minimum absolute atomic E-state index is 0.148. The van der Waals surface area contributed by atoms with Gasteiger partial charge < -0.3 is 9.84 Å². The van der Waals surface area contributed by atoms with E-state index in [0.717, 1.165) is 18.2 Å². The summed E-state index contributed by atoms with van der Waals surface area (Å²) in [7, 11) is -1.19. The number of rotatable bonds is 7. The van der Waals surface area contributed by atoms with Crippen molar-refractivity contribution in [1.82, 2.24) is 14.8 Å². The monoisotopic (exact) mass is 401 g/mol. The molecule has 2 aromatic rings. The van der Waals surface area contributed by atoms with E-state index in [4.69, 9.17) is 4.74 Å². The van der Waals surface area contributed by atoms with Gasteiger partial charge in [-0.15, -0.1) is 5.10 Å². The molecule has 5 nitrogen and oxygen atoms in total. The molecular weight excluding hydrogens is 375 g/mol. The second kappa shape index (κ2) is 7.73. The molecule has 9 heteroatoms. The molecule has 0 saturated heterocycles. The summed E-state index contributed by atoms with van der Waals surface area (Å²) in [5.74, 6) is 0.153. The highest BCUT2D eigenvalue weighted by Crippen LogP contribution is 2.35. The summed E-state index contributed by atoms with van der Waals surface area (Å²) in [6.45, 7) is 10.4. The molecule has 150 valence electrons. The molecule has 0 unspecified atom stereocenters. The number of hydrogen-bond donors (Lipinski definition) is 1. The van der Waals surface area contributed by atoms with Gasteiger partial charge in [-0.2, -0.15) is 13.2 Å². The fourth-order valence-corrected chi connectivity index (χ4v) is 3.06. The van der Waals surface area contributed by atoms with Crippen molar-refractivity contribution in [3.8, 4) is 11.4 Å². The van der Waals surface area contributed by atoms with Crippen LogP contribution in [0.1, 0.15) is 25.0 Å². The molecule has 0 aliphatic rings. The van der Waals surface area contributed by atoms with E-state index in [2.05, 4.69) is 29.7 Å². The summed E-state index contributed by atoms with van der Waals surface area (Å²) in [6, 6.07) is 4.42. The van der Waals surface area contributed by atoms with Gasteiger partial charge in [0, 0.05) is 20.2 Å². The standard InChI is InChI=1S/C18H26F3N3O2Si/c1-17(2,25)14-8-13(9-15(10-14)18(19,20)21)16-22-11-24(23-16)12-26-6-7-27(3,4)5/h8-11,25H,6-7,12H2,1-5H3. The van der Waals surface area contributed by atoms with Crippen LogP contribution in [0.5, 0.6) is 0 Å². The number of hydrogen-bond acceptors (Lipinski definition) is 4. The third kappa shape index (κ3) is 6.44. The lowest BCUT2D eigenvalue weighted by Gasteiger charge is -2.20. The Hall–Kier alpha value is -1.71. The molecule has 0 radical (unpaired) electrons. The normalized spacial score (nSPS) is 13.2. The van der Waals surface area contributed by atoms with Crippen LogP contribution < -0.4 is 0 Å². The first-order chi connectivity index (χ1) is 12.3. The Labute approximate surface area is 158 Å². The van der Waals surface area contributed by atoms with Gasteiger partial charge in [0.05, 0.1) is 11.2 Å². The number of halogens is 3. The van der Waals surface area contributed by atoms with Crippen LogP contribution in [0, 0.1) is 0 Å². The van der Waals surface area contributed by atoms with Crippen molar-refractivity contribution in [1.29, 1.82) is 0 Å². The van der Waals surface area contributed by atoms with Gasteiger partial charge in [-0.05, 0) is 43.7 Å². The van der Waals surface area contributed by atoms with Gasteiger partial charge >= 0.3 is 6.18 Å². The van der Waals surface area contributed by atoms with Gasteiger partial charge in [0.25, 0.3) is 0 Å². The molecule has 0 aliphatic heterocycles. The fraction of sp³-hybridized carbons (Fsp3) is 0.556. The second-order valence-electron chi connectivity index (χ2n) is 8.31. The molecule has 0 saturated carbocycles. The Morgan fingerprint density at radius 2 is 1.74 bits per heavy atom. The average Bonchev–Trinajstić information content (AvgIpc) is 2.97. The lowest BCUT2D eigenvalue weighted by atomic mass is 9.94. The van der Waals surface area contributed by atoms with E-state index in [0.29, 0.717) is 6.61 Å². The maximum Gasteiger partial charge on any atom is 0.416 e. The minimum Gasteiger partial charge on any atom is -0.386 e. The van der Waals surface area contributed by atoms with Crippen molar-refractivity contribution in [3.63, 3.8) is 0 Å². The topological polar surface area (TPSA) is 60.2 Å². The third-order valence-corrected chi connectivity index (χ3v) is 5.69. The molecule has 0 atom stereocenters. The summed E-state index contributed by atoms with van der Waals surface area (Å²) in [5, 5.41) is 14.3. The second-order valence-corrected chi connectivity index (χ2v) is 13.9. The first-order valence-electron chi connectivity index (χ1n) is 8.68. The number of benzene rings is 1. The Morgan fingerprint density at radius 1 is 1.11 bits per heavy atom. The van der Waals surface area contributed by atoms with Gasteiger partial charge in [0.2, 0.25) is 0 Å². The number of aromatic nitrogens is 3. The Bertz CT molecular complexity index is 745. The largest absolute Gasteiger partial charge is 0.416 e. The van der Waals surface area contributed by atoms with E-state index in [1.54, 1.807) is 0 Å². The van der Waals surface area contributed by atoms with Gasteiger partial charge in [0.1, 0.15) is 13.1 Å². The summed E-state index contributed by atoms with van der Waals surface area (Å²) >= 11 is 0. The predicted octanol–water partition coefficient (Wildman–Crippen LogP) is 4.50. The highest BCUT2D eigenvalue weighted by atomic mass is 28.3. The molecule has 2 rings (SSSR count). The van der Waals surface area contributed by atoms with Crippen LogP contribution >= 0.6 is 0 Å². The molecule has 0 bridgehead atoms. The van der Waals surface area contributed by atoms with Crippen LogP contribution in [0.2, 0.25) is 25.7 Å². The van der Waals surface area contributed by atoms with Crippen molar-refractivity contribution in [2.24, 2.45) is 0 Å². The van der Waals surface area contributed by atoms with Gasteiger partial charge in [-0.25, -0.2) is 9.67 Å². The highest BCUT2D eigenvalue weighted by molar-refractivity contribution is 6.76. The van der Waals surface area contributed by atoms with E-state index in [1.807, 2.05) is 0 Å². The van der Waals surface area contributed by atoms with Crippen LogP contribution in [0.25, 0.3) is 11.4 Å². The Morgan fingerprint density at radius 3 is 2.30 bits per heavy atom. The fourth-order valence-electron chi connectivity index (χ4n) is 2.30. The van der Waals surface area contributed by atoms with Crippen molar-refractivity contribution in [3.05, 3.63) is 35.7 Å². The molecule has 27 heavy (non-hydrogen) atoms. The minimum atomic E-state index is -4.53. The molecule has 0 fully saturated rings. The molecular formula is C18H26F3N3O2Si. The van der Waals surface area contributed by atoms with E-state index in [1.165, 1.54) is 30.9 Å². The Kier molecular flexibility index (Phi) is 6.18. The van der Waals surface area contributed by atoms with E-state index in [-0.39, 0.29) is 23.7 Å². The van der Waals surface area contributed by atoms with Crippen LogP contribution in [0.4, 0.5) is 13.2 Å². The molecule has 1 heterocycles. The summed E-state index contributed by atoms with van der Waals surface area (Å²) in [4.78, 5) is 4.09. The molecule has 1 N–H and O–H groups in total. The molecule has 0 aliphatic carbocycles. The van der Waals surface area contributed by atoms with Crippen LogP contribution in [0.3, 0.4) is 0 Å². The first kappa shape index (κ1) is 21.6. The van der Waals surface area contributed by atoms with Crippen molar-refractivity contribution in [2.45, 2.75) is 58.0 Å². The van der Waals surface area contributed by atoms with Gasteiger partial charge in [-0.3, -0.25) is 0 Å². The summed E-state index contributed by atoms with van der Waals surface area (Å²) in [5.41, 5.74) is -1.92. The molecule has 0 spiro atoms. The van der Waals surface area contributed by atoms with Crippen molar-refractivity contribution >= 4 is 8.07 Å². The number of ether oxygens (including phenoxy) is 1. The zero-order valence-electron chi connectivity index (χ0n) is 16.3. The maximum atomic E-state index is 13.2. The number of alkyl halides is 3. The maximum absolute atomic E-state index is 13.2. The van der Waals surface area contributed by atoms with Crippen LogP contribution in [-0.4, -0.2) is 34.6 Å². The van der Waals surface area contributed by atoms with Crippen LogP contribution in [-0.2, 0) is 23.2 Å². The Balaban J connectivity index is 2.22. The third-order valence-electron chi connectivity index (χ3n) is 3.98. The summed E-state index contributed by atoms with van der Waals surface area (Å²) < 4.78 is 46.7. The quantitative estimate of drug-likeness (QED) is 0.548. The average molecular weight is 402 g/mol. The highest BCUT2D eigenvalue weighted by Gasteiger charge is 2.33. The lowest BCUT2D eigenvalue weighted by Crippen LogP contribution is -2.22. The zero-order valence-corrected chi connectivity index (χ0v) is 17.3. The van der Waals surface area contributed by atoms with E-state index in [9.17, 15) is 18.3 Å². The van der Waals surface area contributed by atoms with Crippen molar-refractivity contribution < 1.29 is 23.0 Å². The van der Waals surface area contributed by atoms with E-state index >= 15 is 0 Å². The van der Waals surface area contributed by atoms with Crippen molar-refractivity contribution in [2.75, 3.05) is 6.61 Å². The molecule has 1 aromatic heterocycles. The SMILES string of the molecule is CC(C)(O)c1cc(-c2ncn(COCC[Si](C)(C)C)n2)cc(C(F)(F)F)c1. The summed E-state index contributed by atoms with van der Waals surface area (Å²) in [6.07, 6.45) is -3.10. The number of aliphatic hydroxyl groups is 1. The van der Waals surface area contributed by atoms with Crippen LogP contribution in [0.15, 0.2) is 24.5 Å².